The van der Waals surface area contributed by atoms with E-state index in [-0.39, 0.29) is 0 Å². The Bertz CT molecular complexity index is 347. The van der Waals surface area contributed by atoms with E-state index in [4.69, 9.17) is 0 Å². The van der Waals surface area contributed by atoms with Crippen molar-refractivity contribution < 1.29 is 20.4 Å². The van der Waals surface area contributed by atoms with E-state index in [9.17, 15) is 20.4 Å². The third-order valence-electron chi connectivity index (χ3n) is 4.73. The maximum atomic E-state index is 9.54. The summed E-state index contributed by atoms with van der Waals surface area (Å²) < 4.78 is 0. The van der Waals surface area contributed by atoms with Crippen molar-refractivity contribution in [2.24, 2.45) is 0 Å². The molecule has 0 aliphatic carbocycles. The molecule has 0 rings (SSSR count). The normalized spacial score (nSPS) is 15.9. The third-order valence-corrected chi connectivity index (χ3v) is 4.73. The number of rotatable bonds is 23. The summed E-state index contributed by atoms with van der Waals surface area (Å²) in [4.78, 5) is 4.15. The summed E-state index contributed by atoms with van der Waals surface area (Å²) in [7, 11) is 0. The SMILES string of the molecule is CC(O)CN(CCNCCNCCNCCNCCN(CC(C)O)CC(C)O)CC(C)O. The lowest BCUT2D eigenvalue weighted by molar-refractivity contribution is 0.0836. The van der Waals surface area contributed by atoms with Gasteiger partial charge in [-0.05, 0) is 27.7 Å². The van der Waals surface area contributed by atoms with Crippen LogP contribution in [0.1, 0.15) is 27.7 Å². The van der Waals surface area contributed by atoms with Gasteiger partial charge in [0.1, 0.15) is 0 Å². The molecule has 0 radical (unpaired) electrons. The average Bonchev–Trinajstić information content (AvgIpc) is 2.66. The highest BCUT2D eigenvalue weighted by Crippen LogP contribution is 1.95. The van der Waals surface area contributed by atoms with E-state index < -0.39 is 24.4 Å². The highest BCUT2D eigenvalue weighted by atomic mass is 16.3. The Balaban J connectivity index is 3.51. The van der Waals surface area contributed by atoms with Crippen LogP contribution in [-0.4, -0.2) is 146 Å². The van der Waals surface area contributed by atoms with Crippen LogP contribution in [0.4, 0.5) is 0 Å². The van der Waals surface area contributed by atoms with E-state index in [0.29, 0.717) is 26.2 Å². The summed E-state index contributed by atoms with van der Waals surface area (Å²) in [5, 5.41) is 51.7. The summed E-state index contributed by atoms with van der Waals surface area (Å²) in [5.41, 5.74) is 0. The van der Waals surface area contributed by atoms with Crippen LogP contribution in [0.15, 0.2) is 0 Å². The second kappa shape index (κ2) is 21.2. The number of nitrogens with one attached hydrogen (secondary N) is 4. The predicted molar refractivity (Wildman–Crippen MR) is 131 cm³/mol. The van der Waals surface area contributed by atoms with Gasteiger partial charge in [-0.3, -0.25) is 9.80 Å². The minimum Gasteiger partial charge on any atom is -0.392 e. The molecular weight excluding hydrogens is 412 g/mol. The lowest BCUT2D eigenvalue weighted by Gasteiger charge is -2.25. The predicted octanol–water partition coefficient (Wildman–Crippen LogP) is -2.53. The largest absolute Gasteiger partial charge is 0.392 e. The molecule has 0 heterocycles. The molecule has 0 fully saturated rings. The number of aliphatic hydroxyl groups is 4. The Morgan fingerprint density at radius 3 is 0.875 bits per heavy atom. The molecule has 0 bridgehead atoms. The molecule has 0 aromatic rings. The molecule has 0 saturated carbocycles. The number of nitrogens with zero attached hydrogens (tertiary/aromatic N) is 2. The average molecular weight is 465 g/mol. The molecule has 4 atom stereocenters. The van der Waals surface area contributed by atoms with E-state index in [1.807, 2.05) is 0 Å². The van der Waals surface area contributed by atoms with Crippen LogP contribution in [0.5, 0.6) is 0 Å². The topological polar surface area (TPSA) is 136 Å². The van der Waals surface area contributed by atoms with E-state index in [1.54, 1.807) is 27.7 Å². The monoisotopic (exact) mass is 464 g/mol. The van der Waals surface area contributed by atoms with E-state index >= 15 is 0 Å². The van der Waals surface area contributed by atoms with Gasteiger partial charge in [0.25, 0.3) is 0 Å². The van der Waals surface area contributed by atoms with Crippen molar-refractivity contribution in [3.05, 3.63) is 0 Å². The molecule has 8 N–H and O–H groups in total. The van der Waals surface area contributed by atoms with Gasteiger partial charge in [0, 0.05) is 91.6 Å². The molecule has 0 spiro atoms. The fraction of sp³-hybridized carbons (Fsp3) is 1.00. The summed E-state index contributed by atoms with van der Waals surface area (Å²) in [5.74, 6) is 0. The first-order valence-corrected chi connectivity index (χ1v) is 12.2. The first kappa shape index (κ1) is 31.6. The van der Waals surface area contributed by atoms with E-state index in [1.165, 1.54) is 0 Å². The zero-order chi connectivity index (χ0) is 24.2. The van der Waals surface area contributed by atoms with Crippen LogP contribution in [0.25, 0.3) is 0 Å². The van der Waals surface area contributed by atoms with Gasteiger partial charge in [-0.15, -0.1) is 0 Å². The maximum absolute atomic E-state index is 9.54. The zero-order valence-electron chi connectivity index (χ0n) is 20.9. The zero-order valence-corrected chi connectivity index (χ0v) is 20.9. The molecule has 0 aromatic heterocycles. The van der Waals surface area contributed by atoms with Gasteiger partial charge in [-0.25, -0.2) is 0 Å². The quantitative estimate of drug-likeness (QED) is 0.0765. The van der Waals surface area contributed by atoms with Crippen LogP contribution in [0, 0.1) is 0 Å². The van der Waals surface area contributed by atoms with Gasteiger partial charge in [0.2, 0.25) is 0 Å². The second-order valence-electron chi connectivity index (χ2n) is 8.92. The Hall–Kier alpha value is -0.400. The highest BCUT2D eigenvalue weighted by Gasteiger charge is 2.11. The molecule has 0 aromatic carbocycles. The van der Waals surface area contributed by atoms with Crippen molar-refractivity contribution >= 4 is 0 Å². The van der Waals surface area contributed by atoms with Gasteiger partial charge in [-0.1, -0.05) is 0 Å². The summed E-state index contributed by atoms with van der Waals surface area (Å²) in [6.07, 6.45) is -1.56. The molecule has 0 aliphatic heterocycles. The van der Waals surface area contributed by atoms with Crippen LogP contribution in [0.3, 0.4) is 0 Å². The standard InChI is InChI=1S/C22H52N6O4/c1-19(29)15-27(16-20(2)30)13-11-25-9-7-23-5-6-24-8-10-26-12-14-28(17-21(3)31)18-22(4)32/h19-26,29-32H,5-18H2,1-4H3. The van der Waals surface area contributed by atoms with Crippen molar-refractivity contribution in [1.29, 1.82) is 0 Å². The van der Waals surface area contributed by atoms with Crippen molar-refractivity contribution in [3.63, 3.8) is 0 Å². The van der Waals surface area contributed by atoms with Crippen LogP contribution < -0.4 is 21.3 Å². The fourth-order valence-corrected chi connectivity index (χ4v) is 3.51. The van der Waals surface area contributed by atoms with E-state index in [2.05, 4.69) is 31.1 Å². The van der Waals surface area contributed by atoms with E-state index in [0.717, 1.165) is 65.4 Å². The maximum Gasteiger partial charge on any atom is 0.0639 e. The van der Waals surface area contributed by atoms with Crippen LogP contribution in [0.2, 0.25) is 0 Å². The number of hydrogen-bond acceptors (Lipinski definition) is 10. The summed E-state index contributed by atoms with van der Waals surface area (Å²) in [6.45, 7) is 18.0. The Labute approximate surface area is 195 Å². The van der Waals surface area contributed by atoms with Crippen LogP contribution >= 0.6 is 0 Å². The summed E-state index contributed by atoms with van der Waals surface area (Å²) in [6, 6.07) is 0. The Kier molecular flexibility index (Phi) is 20.9. The lowest BCUT2D eigenvalue weighted by atomic mass is 10.3. The molecule has 32 heavy (non-hydrogen) atoms. The molecule has 0 amide bonds. The van der Waals surface area contributed by atoms with Crippen molar-refractivity contribution in [3.8, 4) is 0 Å². The molecule has 0 saturated heterocycles. The molecular formula is C22H52N6O4. The second-order valence-corrected chi connectivity index (χ2v) is 8.92. The Morgan fingerprint density at radius 2 is 0.656 bits per heavy atom. The van der Waals surface area contributed by atoms with Gasteiger partial charge in [-0.2, -0.15) is 0 Å². The minimum absolute atomic E-state index is 0.391. The van der Waals surface area contributed by atoms with Gasteiger partial charge >= 0.3 is 0 Å². The first-order valence-electron chi connectivity index (χ1n) is 12.2. The minimum atomic E-state index is -0.391. The number of hydrogen-bond donors (Lipinski definition) is 8. The molecule has 4 unspecified atom stereocenters. The molecule has 194 valence electrons. The van der Waals surface area contributed by atoms with Crippen molar-refractivity contribution in [2.45, 2.75) is 52.1 Å². The molecule has 0 aliphatic rings. The van der Waals surface area contributed by atoms with Crippen molar-refractivity contribution in [2.75, 3.05) is 91.6 Å². The van der Waals surface area contributed by atoms with Gasteiger partial charge in [0.05, 0.1) is 24.4 Å². The van der Waals surface area contributed by atoms with Crippen LogP contribution in [-0.2, 0) is 0 Å². The molecule has 10 heteroatoms. The van der Waals surface area contributed by atoms with Gasteiger partial charge in [0.15, 0.2) is 0 Å². The summed E-state index contributed by atoms with van der Waals surface area (Å²) >= 11 is 0. The third kappa shape index (κ3) is 22.8. The lowest BCUT2D eigenvalue weighted by Crippen LogP contribution is -2.42. The highest BCUT2D eigenvalue weighted by molar-refractivity contribution is 4.67. The van der Waals surface area contributed by atoms with Gasteiger partial charge < -0.3 is 41.7 Å². The fourth-order valence-electron chi connectivity index (χ4n) is 3.51. The Morgan fingerprint density at radius 1 is 0.438 bits per heavy atom. The smallest absolute Gasteiger partial charge is 0.0639 e. The first-order chi connectivity index (χ1) is 15.2. The molecule has 10 nitrogen and oxygen atoms in total. The number of aliphatic hydroxyl groups excluding tert-OH is 4. The van der Waals surface area contributed by atoms with Crippen molar-refractivity contribution in [1.82, 2.24) is 31.1 Å².